The van der Waals surface area contributed by atoms with Crippen molar-refractivity contribution in [3.63, 3.8) is 0 Å². The van der Waals surface area contributed by atoms with E-state index >= 15 is 0 Å². The van der Waals surface area contributed by atoms with Crippen LogP contribution < -0.4 is 5.32 Å². The summed E-state index contributed by atoms with van der Waals surface area (Å²) in [6.07, 6.45) is 0.702. The van der Waals surface area contributed by atoms with Crippen LogP contribution in [-0.2, 0) is 23.0 Å². The molecule has 0 radical (unpaired) electrons. The highest BCUT2D eigenvalue weighted by molar-refractivity contribution is 7.84. The van der Waals surface area contributed by atoms with Gasteiger partial charge in [0.2, 0.25) is 0 Å². The van der Waals surface area contributed by atoms with Crippen molar-refractivity contribution in [1.29, 1.82) is 0 Å². The second-order valence-electron chi connectivity index (χ2n) is 6.20. The Morgan fingerprint density at radius 3 is 2.44 bits per heavy atom. The normalized spacial score (nSPS) is 11.9. The molecule has 2 aromatic carbocycles. The van der Waals surface area contributed by atoms with Crippen molar-refractivity contribution in [3.8, 4) is 0 Å². The van der Waals surface area contributed by atoms with E-state index in [-0.39, 0.29) is 17.4 Å². The van der Waals surface area contributed by atoms with Crippen LogP contribution in [0, 0.1) is 6.92 Å². The summed E-state index contributed by atoms with van der Waals surface area (Å²) in [5.74, 6) is 0.705. The van der Waals surface area contributed by atoms with Gasteiger partial charge in [-0.25, -0.2) is 0 Å². The molecule has 0 fully saturated rings. The van der Waals surface area contributed by atoms with Crippen LogP contribution in [0.25, 0.3) is 0 Å². The van der Waals surface area contributed by atoms with Crippen LogP contribution in [0.4, 0.5) is 0 Å². The molecule has 0 bridgehead atoms. The average molecular weight is 402 g/mol. The molecule has 0 saturated heterocycles. The van der Waals surface area contributed by atoms with E-state index in [1.54, 1.807) is 12.1 Å². The highest BCUT2D eigenvalue weighted by atomic mass is 35.5. The minimum Gasteiger partial charge on any atom is -0.455 e. The van der Waals surface area contributed by atoms with Gasteiger partial charge in [-0.3, -0.25) is 9.00 Å². The van der Waals surface area contributed by atoms with Gasteiger partial charge in [0.1, 0.15) is 5.76 Å². The van der Waals surface area contributed by atoms with Crippen molar-refractivity contribution >= 4 is 28.3 Å². The number of hydrogen-bond acceptors (Lipinski definition) is 3. The maximum Gasteiger partial charge on any atom is 0.287 e. The molecule has 1 N–H and O–H groups in total. The smallest absolute Gasteiger partial charge is 0.287 e. The molecule has 3 aromatic rings. The van der Waals surface area contributed by atoms with Crippen LogP contribution in [0.3, 0.4) is 0 Å². The number of nitrogens with one attached hydrogen (secondary N) is 1. The molecule has 27 heavy (non-hydrogen) atoms. The number of benzene rings is 2. The number of halogens is 1. The summed E-state index contributed by atoms with van der Waals surface area (Å²) in [5, 5.41) is 3.51. The largest absolute Gasteiger partial charge is 0.455 e. The summed E-state index contributed by atoms with van der Waals surface area (Å²) in [6, 6.07) is 18.4. The first-order valence-corrected chi connectivity index (χ1v) is 10.3. The Morgan fingerprint density at radius 2 is 1.74 bits per heavy atom. The summed E-state index contributed by atoms with van der Waals surface area (Å²) in [7, 11) is -1.21. The quantitative estimate of drug-likeness (QED) is 0.633. The Morgan fingerprint density at radius 1 is 1.04 bits per heavy atom. The molecule has 1 amide bonds. The predicted octanol–water partition coefficient (Wildman–Crippen LogP) is 4.52. The molecule has 1 atom stereocenters. The molecular weight excluding hydrogens is 382 g/mol. The van der Waals surface area contributed by atoms with E-state index in [0.29, 0.717) is 23.7 Å². The Balaban J connectivity index is 1.51. The minimum absolute atomic E-state index is 0.224. The van der Waals surface area contributed by atoms with Crippen LogP contribution >= 0.6 is 11.6 Å². The van der Waals surface area contributed by atoms with Gasteiger partial charge in [-0.2, -0.15) is 0 Å². The summed E-state index contributed by atoms with van der Waals surface area (Å²) >= 11 is 5.86. The maximum atomic E-state index is 12.4. The fourth-order valence-electron chi connectivity index (χ4n) is 2.54. The number of amides is 1. The molecule has 0 aliphatic carbocycles. The summed E-state index contributed by atoms with van der Waals surface area (Å²) in [6.45, 7) is 2.48. The zero-order chi connectivity index (χ0) is 19.2. The lowest BCUT2D eigenvalue weighted by Gasteiger charge is -2.04. The van der Waals surface area contributed by atoms with Crippen LogP contribution in [0.2, 0.25) is 5.02 Å². The number of carbonyl (C=O) groups excluding carboxylic acids is 1. The SMILES string of the molecule is Cc1ccc(S(=O)Cc2ccc(C(=O)NCCc3ccc(Cl)cc3)o2)cc1. The number of rotatable bonds is 7. The lowest BCUT2D eigenvalue weighted by atomic mass is 10.1. The monoisotopic (exact) mass is 401 g/mol. The summed E-state index contributed by atoms with van der Waals surface area (Å²) in [5.41, 5.74) is 2.21. The maximum absolute atomic E-state index is 12.4. The lowest BCUT2D eigenvalue weighted by molar-refractivity contribution is 0.0925. The van der Waals surface area contributed by atoms with Crippen molar-refractivity contribution < 1.29 is 13.4 Å². The van der Waals surface area contributed by atoms with Gasteiger partial charge in [0.25, 0.3) is 5.91 Å². The molecule has 0 aliphatic heterocycles. The first kappa shape index (κ1) is 19.4. The third-order valence-electron chi connectivity index (χ3n) is 4.06. The van der Waals surface area contributed by atoms with Crippen LogP contribution in [0.1, 0.15) is 27.4 Å². The van der Waals surface area contributed by atoms with Crippen LogP contribution in [-0.4, -0.2) is 16.7 Å². The Bertz CT molecular complexity index is 933. The Kier molecular flexibility index (Phi) is 6.48. The van der Waals surface area contributed by atoms with E-state index in [0.717, 1.165) is 16.0 Å². The molecule has 0 aliphatic rings. The predicted molar refractivity (Wildman–Crippen MR) is 107 cm³/mol. The van der Waals surface area contributed by atoms with Gasteiger partial charge < -0.3 is 9.73 Å². The van der Waals surface area contributed by atoms with Crippen molar-refractivity contribution in [1.82, 2.24) is 5.32 Å². The lowest BCUT2D eigenvalue weighted by Crippen LogP contribution is -2.25. The van der Waals surface area contributed by atoms with E-state index in [2.05, 4.69) is 5.32 Å². The van der Waals surface area contributed by atoms with Crippen molar-refractivity contribution in [2.45, 2.75) is 24.0 Å². The molecule has 6 heteroatoms. The fraction of sp³-hybridized carbons (Fsp3) is 0.190. The zero-order valence-corrected chi connectivity index (χ0v) is 16.5. The van der Waals surface area contributed by atoms with Gasteiger partial charge in [-0.05, 0) is 55.3 Å². The number of aryl methyl sites for hydroxylation is 1. The van der Waals surface area contributed by atoms with Gasteiger partial charge in [0.15, 0.2) is 5.76 Å². The number of hydrogen-bond donors (Lipinski definition) is 1. The first-order valence-electron chi connectivity index (χ1n) is 8.57. The molecule has 140 valence electrons. The molecule has 1 unspecified atom stereocenters. The van der Waals surface area contributed by atoms with Crippen molar-refractivity contribution in [2.24, 2.45) is 0 Å². The van der Waals surface area contributed by atoms with Crippen molar-refractivity contribution in [3.05, 3.63) is 88.3 Å². The highest BCUT2D eigenvalue weighted by Gasteiger charge is 2.13. The van der Waals surface area contributed by atoms with Gasteiger partial charge in [0, 0.05) is 16.5 Å². The second-order valence-corrected chi connectivity index (χ2v) is 8.09. The molecular formula is C21H20ClNO3S. The second kappa shape index (κ2) is 9.02. The van der Waals surface area contributed by atoms with E-state index in [9.17, 15) is 9.00 Å². The Hall–Kier alpha value is -2.37. The van der Waals surface area contributed by atoms with E-state index in [1.165, 1.54) is 0 Å². The molecule has 0 saturated carbocycles. The molecule has 0 spiro atoms. The van der Waals surface area contributed by atoms with Gasteiger partial charge >= 0.3 is 0 Å². The van der Waals surface area contributed by atoms with Crippen LogP contribution in [0.5, 0.6) is 0 Å². The fourth-order valence-corrected chi connectivity index (χ4v) is 3.68. The minimum atomic E-state index is -1.21. The van der Waals surface area contributed by atoms with E-state index in [1.807, 2.05) is 55.5 Å². The highest BCUT2D eigenvalue weighted by Crippen LogP contribution is 2.16. The molecule has 1 aromatic heterocycles. The van der Waals surface area contributed by atoms with Gasteiger partial charge in [-0.15, -0.1) is 0 Å². The van der Waals surface area contributed by atoms with Gasteiger partial charge in [0.05, 0.1) is 16.6 Å². The van der Waals surface area contributed by atoms with E-state index in [4.69, 9.17) is 16.0 Å². The summed E-state index contributed by atoms with van der Waals surface area (Å²) < 4.78 is 18.0. The third kappa shape index (κ3) is 5.55. The third-order valence-corrected chi connectivity index (χ3v) is 5.65. The van der Waals surface area contributed by atoms with Crippen LogP contribution in [0.15, 0.2) is 70.0 Å². The zero-order valence-electron chi connectivity index (χ0n) is 14.9. The number of carbonyl (C=O) groups is 1. The summed E-state index contributed by atoms with van der Waals surface area (Å²) in [4.78, 5) is 12.9. The standard InChI is InChI=1S/C21H20ClNO3S/c1-15-2-9-19(10-3-15)27(25)14-18-8-11-20(26-18)21(24)23-13-12-16-4-6-17(22)7-5-16/h2-11H,12-14H2,1H3,(H,23,24). The average Bonchev–Trinajstić information content (AvgIpc) is 3.12. The molecule has 4 nitrogen and oxygen atoms in total. The van der Waals surface area contributed by atoms with Crippen molar-refractivity contribution in [2.75, 3.05) is 6.54 Å². The van der Waals surface area contributed by atoms with E-state index < -0.39 is 10.8 Å². The number of furan rings is 1. The topological polar surface area (TPSA) is 59.3 Å². The Labute approximate surface area is 166 Å². The van der Waals surface area contributed by atoms with Gasteiger partial charge in [-0.1, -0.05) is 41.4 Å². The first-order chi connectivity index (χ1) is 13.0. The molecule has 1 heterocycles. The molecule has 3 rings (SSSR count).